The number of carbonyl (C=O) groups excluding carboxylic acids is 2. The monoisotopic (exact) mass is 1150 g/mol. The Bertz CT molecular complexity index is 1730. The molecule has 0 aromatic heterocycles. The first-order valence-corrected chi connectivity index (χ1v) is 34.6. The lowest BCUT2D eigenvalue weighted by molar-refractivity contribution is -0.870. The second-order valence-electron chi connectivity index (χ2n) is 23.1. The number of allylic oxidation sites excluding steroid dienone is 18. The van der Waals surface area contributed by atoms with Crippen LogP contribution in [0.2, 0.25) is 0 Å². The van der Waals surface area contributed by atoms with Gasteiger partial charge < -0.3 is 18.9 Å². The minimum atomic E-state index is -4.41. The fraction of sp³-hybridized carbons (Fsp3) is 0.718. The summed E-state index contributed by atoms with van der Waals surface area (Å²) >= 11 is 0. The van der Waals surface area contributed by atoms with Gasteiger partial charge in [0.15, 0.2) is 6.10 Å². The first-order chi connectivity index (χ1) is 39.5. The number of hydrogen-bond donors (Lipinski definition) is 1. The van der Waals surface area contributed by atoms with E-state index in [-0.39, 0.29) is 32.0 Å². The largest absolute Gasteiger partial charge is 0.472 e. The zero-order valence-electron chi connectivity index (χ0n) is 53.0. The normalized spacial score (nSPS) is 13.9. The molecule has 0 spiro atoms. The van der Waals surface area contributed by atoms with Crippen molar-refractivity contribution in [3.8, 4) is 0 Å². The summed E-state index contributed by atoms with van der Waals surface area (Å²) in [5.41, 5.74) is 0. The van der Waals surface area contributed by atoms with Crippen LogP contribution in [0, 0.1) is 0 Å². The smallest absolute Gasteiger partial charge is 0.462 e. The van der Waals surface area contributed by atoms with Crippen LogP contribution in [-0.4, -0.2) is 74.9 Å². The third-order valence-electron chi connectivity index (χ3n) is 14.1. The van der Waals surface area contributed by atoms with Crippen molar-refractivity contribution >= 4 is 19.8 Å². The van der Waals surface area contributed by atoms with Crippen LogP contribution in [0.25, 0.3) is 0 Å². The number of ether oxygens (including phenoxy) is 2. The zero-order chi connectivity index (χ0) is 59.1. The molecule has 2 atom stereocenters. The summed E-state index contributed by atoms with van der Waals surface area (Å²) in [7, 11) is 1.45. The number of quaternary nitrogens is 1. The van der Waals surface area contributed by atoms with E-state index in [1.165, 1.54) is 148 Å². The number of rotatable bonds is 60. The van der Waals surface area contributed by atoms with E-state index in [2.05, 4.69) is 123 Å². The van der Waals surface area contributed by atoms with Gasteiger partial charge in [0.2, 0.25) is 0 Å². The van der Waals surface area contributed by atoms with E-state index in [4.69, 9.17) is 18.5 Å². The zero-order valence-corrected chi connectivity index (χ0v) is 53.9. The standard InChI is InChI=1S/C71H124NO8P/c1-6-8-10-12-14-16-18-20-22-24-26-28-30-32-34-35-36-37-38-40-42-44-46-48-50-52-54-56-58-60-62-64-71(74)80-69(68-79-81(75,76)78-66-65-72(3,4)5)67-77-70(73)63-61-59-57-55-53-51-49-47-45-43-41-39-33-31-29-27-25-23-21-19-17-15-13-11-9-7-2/h8,10,14,16,20,22,26,28,32,34,36-37,40,42,46,48,52,54,69H,6-7,9,11-13,15,17-19,21,23-25,27,29-31,33,35,38-39,41,43-45,47,49-51,53,55-68H2,1-5H3/p+1/b10-8-,16-14-,22-20-,28-26-,34-32-,37-36-,42-40-,48-46-,54-52-. The van der Waals surface area contributed by atoms with Gasteiger partial charge in [-0.15, -0.1) is 0 Å². The number of nitrogens with zero attached hydrogens (tertiary/aromatic N) is 1. The average molecular weight is 1150 g/mol. The van der Waals surface area contributed by atoms with Crippen molar-refractivity contribution in [1.82, 2.24) is 0 Å². The van der Waals surface area contributed by atoms with Gasteiger partial charge >= 0.3 is 19.8 Å². The van der Waals surface area contributed by atoms with E-state index < -0.39 is 26.5 Å². The molecule has 0 fully saturated rings. The molecule has 0 aliphatic heterocycles. The molecule has 0 rings (SSSR count). The first-order valence-electron chi connectivity index (χ1n) is 33.1. The van der Waals surface area contributed by atoms with Crippen LogP contribution < -0.4 is 0 Å². The van der Waals surface area contributed by atoms with Gasteiger partial charge in [-0.05, 0) is 83.5 Å². The predicted octanol–water partition coefficient (Wildman–Crippen LogP) is 21.3. The van der Waals surface area contributed by atoms with Crippen LogP contribution in [0.1, 0.15) is 277 Å². The maximum absolute atomic E-state index is 12.8. The number of carbonyl (C=O) groups is 2. The van der Waals surface area contributed by atoms with Crippen LogP contribution in [0.3, 0.4) is 0 Å². The van der Waals surface area contributed by atoms with E-state index in [9.17, 15) is 19.0 Å². The molecule has 0 aromatic rings. The number of esters is 2. The van der Waals surface area contributed by atoms with Gasteiger partial charge in [0.1, 0.15) is 19.8 Å². The van der Waals surface area contributed by atoms with Crippen LogP contribution >= 0.6 is 7.82 Å². The molecule has 0 heterocycles. The highest BCUT2D eigenvalue weighted by Crippen LogP contribution is 2.43. The molecule has 0 bridgehead atoms. The minimum absolute atomic E-state index is 0.0205. The van der Waals surface area contributed by atoms with Crippen LogP contribution in [0.15, 0.2) is 109 Å². The molecular weight excluding hydrogens is 1030 g/mol. The summed E-state index contributed by atoms with van der Waals surface area (Å²) in [5.74, 6) is -0.833. The Kier molecular flexibility index (Phi) is 58.7. The average Bonchev–Trinajstić information content (AvgIpc) is 3.43. The van der Waals surface area contributed by atoms with Crippen molar-refractivity contribution in [3.63, 3.8) is 0 Å². The van der Waals surface area contributed by atoms with Crippen molar-refractivity contribution in [2.24, 2.45) is 0 Å². The third-order valence-corrected chi connectivity index (χ3v) is 15.1. The molecule has 0 aliphatic rings. The number of hydrogen-bond acceptors (Lipinski definition) is 7. The molecular formula is C71H125NO8P+. The number of likely N-dealkylation sites (N-methyl/N-ethyl adjacent to an activating group) is 1. The van der Waals surface area contributed by atoms with Gasteiger partial charge in [-0.25, -0.2) is 4.57 Å². The van der Waals surface area contributed by atoms with Gasteiger partial charge in [0.25, 0.3) is 0 Å². The van der Waals surface area contributed by atoms with Gasteiger partial charge in [-0.3, -0.25) is 18.6 Å². The first kappa shape index (κ1) is 77.7. The summed E-state index contributed by atoms with van der Waals surface area (Å²) < 4.78 is 34.6. The molecule has 0 aromatic carbocycles. The summed E-state index contributed by atoms with van der Waals surface area (Å²) in [6.45, 7) is 4.30. The van der Waals surface area contributed by atoms with Crippen LogP contribution in [0.4, 0.5) is 0 Å². The minimum Gasteiger partial charge on any atom is -0.462 e. The summed E-state index contributed by atoms with van der Waals surface area (Å²) in [4.78, 5) is 35.8. The summed E-state index contributed by atoms with van der Waals surface area (Å²) in [5, 5.41) is 0. The second-order valence-corrected chi connectivity index (χ2v) is 24.6. The van der Waals surface area contributed by atoms with Gasteiger partial charge in [0.05, 0.1) is 27.7 Å². The lowest BCUT2D eigenvalue weighted by Crippen LogP contribution is -2.37. The van der Waals surface area contributed by atoms with Crippen molar-refractivity contribution < 1.29 is 42.1 Å². The lowest BCUT2D eigenvalue weighted by Gasteiger charge is -2.24. The highest BCUT2D eigenvalue weighted by Gasteiger charge is 2.27. The van der Waals surface area contributed by atoms with Gasteiger partial charge in [0, 0.05) is 12.8 Å². The molecule has 466 valence electrons. The van der Waals surface area contributed by atoms with Crippen molar-refractivity contribution in [1.29, 1.82) is 0 Å². The van der Waals surface area contributed by atoms with Crippen molar-refractivity contribution in [2.75, 3.05) is 47.5 Å². The molecule has 0 saturated heterocycles. The van der Waals surface area contributed by atoms with Crippen LogP contribution in [-0.2, 0) is 32.7 Å². The Morgan fingerprint density at radius 2 is 0.704 bits per heavy atom. The van der Waals surface area contributed by atoms with E-state index in [1.54, 1.807) is 0 Å². The third kappa shape index (κ3) is 65.7. The van der Waals surface area contributed by atoms with Crippen LogP contribution in [0.5, 0.6) is 0 Å². The van der Waals surface area contributed by atoms with E-state index in [0.29, 0.717) is 17.4 Å². The van der Waals surface area contributed by atoms with E-state index >= 15 is 0 Å². The fourth-order valence-corrected chi connectivity index (χ4v) is 9.75. The van der Waals surface area contributed by atoms with E-state index in [1.807, 2.05) is 21.1 Å². The van der Waals surface area contributed by atoms with E-state index in [0.717, 1.165) is 96.3 Å². The molecule has 0 amide bonds. The Balaban J connectivity index is 4.19. The molecule has 1 N–H and O–H groups in total. The molecule has 0 saturated carbocycles. The van der Waals surface area contributed by atoms with Crippen molar-refractivity contribution in [2.45, 2.75) is 283 Å². The quantitative estimate of drug-likeness (QED) is 0.0211. The van der Waals surface area contributed by atoms with Crippen molar-refractivity contribution in [3.05, 3.63) is 109 Å². The highest BCUT2D eigenvalue weighted by atomic mass is 31.2. The Morgan fingerprint density at radius 3 is 1.05 bits per heavy atom. The molecule has 0 radical (unpaired) electrons. The SMILES string of the molecule is CC/C=C\C/C=C\C/C=C\C/C=C\C/C=C\C/C=C\C/C=C\C/C=C\C/C=C\CCCCCC(=O)OC(COC(=O)CCCCCCCCCCCCCCCCCCCCCCCCCCCC)COP(=O)(O)OCC[N+](C)(C)C. The number of phosphoric ester groups is 1. The topological polar surface area (TPSA) is 108 Å². The predicted molar refractivity (Wildman–Crippen MR) is 348 cm³/mol. The molecule has 81 heavy (non-hydrogen) atoms. The number of phosphoric acid groups is 1. The summed E-state index contributed by atoms with van der Waals surface area (Å²) in [6.07, 6.45) is 86.1. The Morgan fingerprint density at radius 1 is 0.395 bits per heavy atom. The maximum atomic E-state index is 12.8. The number of unbranched alkanes of at least 4 members (excludes halogenated alkanes) is 28. The van der Waals surface area contributed by atoms with Gasteiger partial charge in [-0.1, -0.05) is 290 Å². The van der Waals surface area contributed by atoms with Gasteiger partial charge in [-0.2, -0.15) is 0 Å². The highest BCUT2D eigenvalue weighted by molar-refractivity contribution is 7.47. The fourth-order valence-electron chi connectivity index (χ4n) is 9.01. The molecule has 0 aliphatic carbocycles. The maximum Gasteiger partial charge on any atom is 0.472 e. The molecule has 10 heteroatoms. The Hall–Kier alpha value is -3.33. The molecule has 9 nitrogen and oxygen atoms in total. The molecule has 2 unspecified atom stereocenters. The Labute approximate surface area is 499 Å². The second kappa shape index (κ2) is 61.2. The lowest BCUT2D eigenvalue weighted by atomic mass is 10.0. The summed E-state index contributed by atoms with van der Waals surface area (Å²) in [6, 6.07) is 0.